The largest absolute Gasteiger partial charge is 0.497 e. The van der Waals surface area contributed by atoms with Crippen molar-refractivity contribution < 1.29 is 9.47 Å². The highest BCUT2D eigenvalue weighted by molar-refractivity contribution is 5.81. The summed E-state index contributed by atoms with van der Waals surface area (Å²) in [7, 11) is 5.30. The maximum atomic E-state index is 5.29. The predicted molar refractivity (Wildman–Crippen MR) is 89.2 cm³/mol. The quantitative estimate of drug-likeness (QED) is 0.687. The summed E-state index contributed by atoms with van der Waals surface area (Å²) in [6.45, 7) is 0. The van der Waals surface area contributed by atoms with Crippen LogP contribution in [0, 0.1) is 0 Å². The van der Waals surface area contributed by atoms with Crippen molar-refractivity contribution in [2.24, 2.45) is 7.05 Å². The van der Waals surface area contributed by atoms with Crippen LogP contribution in [0.1, 0.15) is 11.1 Å². The normalized spacial score (nSPS) is 11.2. The van der Waals surface area contributed by atoms with Crippen LogP contribution in [0.5, 0.6) is 11.5 Å². The molecule has 4 heteroatoms. The molecule has 112 valence electrons. The van der Waals surface area contributed by atoms with Crippen LogP contribution in [0.4, 0.5) is 0 Å². The molecule has 0 N–H and O–H groups in total. The monoisotopic (exact) mass is 294 g/mol. The predicted octanol–water partition coefficient (Wildman–Crippen LogP) is 3.76. The lowest BCUT2D eigenvalue weighted by atomic mass is 10.1. The van der Waals surface area contributed by atoms with Crippen molar-refractivity contribution in [1.82, 2.24) is 9.55 Å². The van der Waals surface area contributed by atoms with Gasteiger partial charge in [-0.15, -0.1) is 0 Å². The van der Waals surface area contributed by atoms with Gasteiger partial charge in [-0.3, -0.25) is 0 Å². The molecule has 0 amide bonds. The summed E-state index contributed by atoms with van der Waals surface area (Å²) in [6.07, 6.45) is 5.94. The van der Waals surface area contributed by atoms with Gasteiger partial charge in [0.05, 0.1) is 31.6 Å². The molecule has 0 saturated carbocycles. The molecular formula is C18H18N2O2. The molecule has 4 nitrogen and oxygen atoms in total. The van der Waals surface area contributed by atoms with Gasteiger partial charge in [-0.1, -0.05) is 18.2 Å². The molecule has 0 unspecified atom stereocenters. The van der Waals surface area contributed by atoms with Gasteiger partial charge in [-0.05, 0) is 35.4 Å². The highest BCUT2D eigenvalue weighted by atomic mass is 16.5. The van der Waals surface area contributed by atoms with Crippen LogP contribution in [-0.4, -0.2) is 23.8 Å². The van der Waals surface area contributed by atoms with Gasteiger partial charge in [-0.2, -0.15) is 0 Å². The van der Waals surface area contributed by atoms with Gasteiger partial charge in [0.1, 0.15) is 11.5 Å². The van der Waals surface area contributed by atoms with Crippen LogP contribution in [0.25, 0.3) is 23.2 Å². The SMILES string of the molecule is COc1cc(/C=C\c2ccc3ncn(C)c3c2)cc(OC)c1. The van der Waals surface area contributed by atoms with E-state index in [9.17, 15) is 0 Å². The van der Waals surface area contributed by atoms with E-state index in [1.54, 1.807) is 14.2 Å². The smallest absolute Gasteiger partial charge is 0.123 e. The number of rotatable bonds is 4. The van der Waals surface area contributed by atoms with E-state index < -0.39 is 0 Å². The first kappa shape index (κ1) is 14.2. The second kappa shape index (κ2) is 5.93. The third-order valence-electron chi connectivity index (χ3n) is 3.59. The lowest BCUT2D eigenvalue weighted by molar-refractivity contribution is 0.394. The number of aryl methyl sites for hydroxylation is 1. The molecule has 0 aliphatic heterocycles. The second-order valence-corrected chi connectivity index (χ2v) is 5.08. The van der Waals surface area contributed by atoms with Crippen LogP contribution >= 0.6 is 0 Å². The molecule has 0 saturated heterocycles. The Labute approximate surface area is 129 Å². The number of methoxy groups -OCH3 is 2. The van der Waals surface area contributed by atoms with E-state index >= 15 is 0 Å². The number of hydrogen-bond donors (Lipinski definition) is 0. The Morgan fingerprint density at radius 3 is 2.27 bits per heavy atom. The fraction of sp³-hybridized carbons (Fsp3) is 0.167. The van der Waals surface area contributed by atoms with E-state index in [0.29, 0.717) is 0 Å². The highest BCUT2D eigenvalue weighted by Crippen LogP contribution is 2.24. The summed E-state index contributed by atoms with van der Waals surface area (Å²) in [5.41, 5.74) is 4.27. The van der Waals surface area contributed by atoms with Crippen molar-refractivity contribution in [2.45, 2.75) is 0 Å². The van der Waals surface area contributed by atoms with Gasteiger partial charge >= 0.3 is 0 Å². The maximum Gasteiger partial charge on any atom is 0.123 e. The summed E-state index contributed by atoms with van der Waals surface area (Å²) in [5.74, 6) is 1.56. The minimum absolute atomic E-state index is 0.779. The minimum Gasteiger partial charge on any atom is -0.497 e. The second-order valence-electron chi connectivity index (χ2n) is 5.08. The van der Waals surface area contributed by atoms with Crippen LogP contribution < -0.4 is 9.47 Å². The molecule has 1 aromatic heterocycles. The Bertz CT molecular complexity index is 812. The number of benzene rings is 2. The maximum absolute atomic E-state index is 5.29. The molecule has 0 bridgehead atoms. The van der Waals surface area contributed by atoms with Gasteiger partial charge in [0.2, 0.25) is 0 Å². The minimum atomic E-state index is 0.779. The van der Waals surface area contributed by atoms with Gasteiger partial charge in [0.15, 0.2) is 0 Å². The van der Waals surface area contributed by atoms with E-state index in [-0.39, 0.29) is 0 Å². The van der Waals surface area contributed by atoms with E-state index in [1.165, 1.54) is 0 Å². The van der Waals surface area contributed by atoms with Gasteiger partial charge in [-0.25, -0.2) is 4.98 Å². The zero-order valence-electron chi connectivity index (χ0n) is 12.9. The number of fused-ring (bicyclic) bond motifs is 1. The van der Waals surface area contributed by atoms with E-state index in [1.807, 2.05) is 48.3 Å². The van der Waals surface area contributed by atoms with E-state index in [4.69, 9.17) is 9.47 Å². The van der Waals surface area contributed by atoms with Crippen molar-refractivity contribution in [3.05, 3.63) is 53.9 Å². The molecule has 0 radical (unpaired) electrons. The molecule has 0 atom stereocenters. The Hall–Kier alpha value is -2.75. The zero-order chi connectivity index (χ0) is 15.5. The molecule has 3 rings (SSSR count). The number of ether oxygens (including phenoxy) is 2. The first-order valence-electron chi connectivity index (χ1n) is 7.02. The lowest BCUT2D eigenvalue weighted by Crippen LogP contribution is -1.88. The van der Waals surface area contributed by atoms with Gasteiger partial charge < -0.3 is 14.0 Å². The molecule has 1 heterocycles. The molecule has 22 heavy (non-hydrogen) atoms. The number of aromatic nitrogens is 2. The first-order chi connectivity index (χ1) is 10.7. The third kappa shape index (κ3) is 2.81. The number of nitrogens with zero attached hydrogens (tertiary/aromatic N) is 2. The van der Waals surface area contributed by atoms with E-state index in [2.05, 4.69) is 23.2 Å². The summed E-state index contributed by atoms with van der Waals surface area (Å²) in [5, 5.41) is 0. The van der Waals surface area contributed by atoms with Crippen molar-refractivity contribution in [1.29, 1.82) is 0 Å². The van der Waals surface area contributed by atoms with E-state index in [0.717, 1.165) is 33.7 Å². The van der Waals surface area contributed by atoms with Crippen LogP contribution in [0.3, 0.4) is 0 Å². The van der Waals surface area contributed by atoms with Crippen molar-refractivity contribution in [3.8, 4) is 11.5 Å². The van der Waals surface area contributed by atoms with Crippen LogP contribution in [-0.2, 0) is 7.05 Å². The van der Waals surface area contributed by atoms with Crippen molar-refractivity contribution in [3.63, 3.8) is 0 Å². The topological polar surface area (TPSA) is 36.3 Å². The Morgan fingerprint density at radius 2 is 1.59 bits per heavy atom. The van der Waals surface area contributed by atoms with Gasteiger partial charge in [0, 0.05) is 13.1 Å². The first-order valence-corrected chi connectivity index (χ1v) is 7.02. The molecule has 0 aliphatic rings. The number of imidazole rings is 1. The Balaban J connectivity index is 1.93. The molecule has 2 aromatic carbocycles. The average Bonchev–Trinajstić information content (AvgIpc) is 2.93. The fourth-order valence-electron chi connectivity index (χ4n) is 2.36. The fourth-order valence-corrected chi connectivity index (χ4v) is 2.36. The van der Waals surface area contributed by atoms with Crippen molar-refractivity contribution in [2.75, 3.05) is 14.2 Å². The Morgan fingerprint density at radius 1 is 0.909 bits per heavy atom. The summed E-state index contributed by atoms with van der Waals surface area (Å²) in [4.78, 5) is 4.33. The summed E-state index contributed by atoms with van der Waals surface area (Å²) >= 11 is 0. The molecule has 0 spiro atoms. The average molecular weight is 294 g/mol. The van der Waals surface area contributed by atoms with Gasteiger partial charge in [0.25, 0.3) is 0 Å². The number of hydrogen-bond acceptors (Lipinski definition) is 3. The lowest BCUT2D eigenvalue weighted by Gasteiger charge is -2.05. The molecule has 0 aliphatic carbocycles. The molecule has 3 aromatic rings. The van der Waals surface area contributed by atoms with Crippen molar-refractivity contribution >= 4 is 23.2 Å². The standard InChI is InChI=1S/C18H18N2O2/c1-20-12-19-17-7-6-13(10-18(17)20)4-5-14-8-15(21-2)11-16(9-14)22-3/h4-12H,1-3H3/b5-4-. The zero-order valence-corrected chi connectivity index (χ0v) is 12.9. The summed E-state index contributed by atoms with van der Waals surface area (Å²) in [6, 6.07) is 12.0. The molecular weight excluding hydrogens is 276 g/mol. The highest BCUT2D eigenvalue weighted by Gasteiger charge is 2.01. The van der Waals surface area contributed by atoms with Crippen LogP contribution in [0.2, 0.25) is 0 Å². The van der Waals surface area contributed by atoms with Crippen LogP contribution in [0.15, 0.2) is 42.7 Å². The summed E-state index contributed by atoms with van der Waals surface area (Å²) < 4.78 is 12.6. The third-order valence-corrected chi connectivity index (χ3v) is 3.59. The molecule has 0 fully saturated rings. The Kier molecular flexibility index (Phi) is 3.83.